The number of halogens is 1. The maximum Gasteiger partial charge on any atom is 0.406 e. The maximum absolute atomic E-state index is 10.7. The summed E-state index contributed by atoms with van der Waals surface area (Å²) in [6.45, 7) is 0.525. The van der Waals surface area contributed by atoms with Gasteiger partial charge in [0.05, 0.1) is 0 Å². The average Bonchev–Trinajstić information content (AvgIpc) is 2.26. The number of amides is 1. The summed E-state index contributed by atoms with van der Waals surface area (Å²) in [5, 5.41) is 2.99. The zero-order valence-electron chi connectivity index (χ0n) is 8.33. The largest absolute Gasteiger partial charge is 0.490 e. The number of carbonyl (C=O) groups is 1. The number of benzene rings is 1. The van der Waals surface area contributed by atoms with Crippen molar-refractivity contribution < 1.29 is 14.3 Å². The third-order valence-corrected chi connectivity index (χ3v) is 1.85. The Hall–Kier alpha value is -1.42. The second-order valence-corrected chi connectivity index (χ2v) is 3.12. The van der Waals surface area contributed by atoms with E-state index in [0.717, 1.165) is 0 Å². The molecule has 1 aromatic carbocycles. The highest BCUT2D eigenvalue weighted by Gasteiger charge is 1.97. The normalized spacial score (nSPS) is 9.47. The molecule has 0 aliphatic heterocycles. The topological polar surface area (TPSA) is 47.6 Å². The summed E-state index contributed by atoms with van der Waals surface area (Å²) in [6.07, 6.45) is -0.463. The van der Waals surface area contributed by atoms with E-state index in [9.17, 15) is 4.79 Å². The van der Waals surface area contributed by atoms with Gasteiger partial charge < -0.3 is 14.8 Å². The monoisotopic (exact) mass is 229 g/mol. The second kappa shape index (κ2) is 6.14. The Labute approximate surface area is 93.1 Å². The van der Waals surface area contributed by atoms with Crippen LogP contribution < -0.4 is 10.1 Å². The van der Waals surface area contributed by atoms with E-state index in [1.165, 1.54) is 7.05 Å². The Balaban J connectivity index is 2.20. The van der Waals surface area contributed by atoms with Gasteiger partial charge in [-0.25, -0.2) is 4.79 Å². The molecule has 1 amide bonds. The quantitative estimate of drug-likeness (QED) is 0.805. The number of carbonyl (C=O) groups excluding carboxylic acids is 1. The fourth-order valence-corrected chi connectivity index (χ4v) is 1.02. The van der Waals surface area contributed by atoms with Crippen molar-refractivity contribution in [3.05, 3.63) is 29.3 Å². The van der Waals surface area contributed by atoms with Gasteiger partial charge in [-0.3, -0.25) is 0 Å². The zero-order valence-corrected chi connectivity index (χ0v) is 9.08. The highest BCUT2D eigenvalue weighted by atomic mass is 35.5. The average molecular weight is 230 g/mol. The lowest BCUT2D eigenvalue weighted by atomic mass is 10.3. The van der Waals surface area contributed by atoms with Gasteiger partial charge in [0.2, 0.25) is 0 Å². The number of ether oxygens (including phenoxy) is 2. The molecule has 0 aliphatic carbocycles. The van der Waals surface area contributed by atoms with Crippen LogP contribution in [0.25, 0.3) is 0 Å². The third kappa shape index (κ3) is 4.56. The Morgan fingerprint density at radius 2 is 2.00 bits per heavy atom. The van der Waals surface area contributed by atoms with E-state index < -0.39 is 6.09 Å². The Morgan fingerprint density at radius 3 is 2.60 bits per heavy atom. The van der Waals surface area contributed by atoms with Crippen LogP contribution in [0.4, 0.5) is 4.79 Å². The van der Waals surface area contributed by atoms with Crippen molar-refractivity contribution in [3.8, 4) is 5.75 Å². The summed E-state index contributed by atoms with van der Waals surface area (Å²) >= 11 is 5.70. The van der Waals surface area contributed by atoms with Gasteiger partial charge in [0.1, 0.15) is 19.0 Å². The van der Waals surface area contributed by atoms with E-state index in [-0.39, 0.29) is 6.61 Å². The van der Waals surface area contributed by atoms with Crippen LogP contribution in [0, 0.1) is 0 Å². The van der Waals surface area contributed by atoms with E-state index in [4.69, 9.17) is 21.1 Å². The van der Waals surface area contributed by atoms with Crippen LogP contribution in [-0.4, -0.2) is 26.4 Å². The highest BCUT2D eigenvalue weighted by Crippen LogP contribution is 2.15. The molecule has 0 heterocycles. The lowest BCUT2D eigenvalue weighted by Crippen LogP contribution is -2.21. The summed E-state index contributed by atoms with van der Waals surface area (Å²) in [7, 11) is 1.50. The predicted octanol–water partition coefficient (Wildman–Crippen LogP) is 2.07. The van der Waals surface area contributed by atoms with E-state index >= 15 is 0 Å². The zero-order chi connectivity index (χ0) is 11.1. The first kappa shape index (κ1) is 11.7. The number of hydrogen-bond acceptors (Lipinski definition) is 3. The van der Waals surface area contributed by atoms with Crippen molar-refractivity contribution in [2.24, 2.45) is 0 Å². The van der Waals surface area contributed by atoms with Gasteiger partial charge in [0.25, 0.3) is 0 Å². The van der Waals surface area contributed by atoms with E-state index in [1.54, 1.807) is 24.3 Å². The summed E-state index contributed by atoms with van der Waals surface area (Å²) in [6, 6.07) is 6.97. The number of hydrogen-bond donors (Lipinski definition) is 1. The smallest absolute Gasteiger partial charge is 0.406 e. The minimum atomic E-state index is -0.463. The van der Waals surface area contributed by atoms with Gasteiger partial charge in [-0.15, -0.1) is 0 Å². The summed E-state index contributed by atoms with van der Waals surface area (Å²) in [4.78, 5) is 10.7. The third-order valence-electron chi connectivity index (χ3n) is 1.60. The molecule has 1 aromatic rings. The number of rotatable bonds is 4. The standard InChI is InChI=1S/C10H12ClNO3/c1-12-10(13)15-7-6-14-9-4-2-8(11)3-5-9/h2-5H,6-7H2,1H3,(H,12,13). The van der Waals surface area contributed by atoms with Gasteiger partial charge in [-0.1, -0.05) is 11.6 Å². The first-order valence-corrected chi connectivity index (χ1v) is 4.83. The molecular weight excluding hydrogens is 218 g/mol. The van der Waals surface area contributed by atoms with Crippen molar-refractivity contribution in [2.45, 2.75) is 0 Å². The lowest BCUT2D eigenvalue weighted by molar-refractivity contribution is 0.127. The van der Waals surface area contributed by atoms with Crippen molar-refractivity contribution in [1.29, 1.82) is 0 Å². The number of nitrogens with one attached hydrogen (secondary N) is 1. The summed E-state index contributed by atoms with van der Waals surface area (Å²) < 4.78 is 10.0. The molecular formula is C10H12ClNO3. The van der Waals surface area contributed by atoms with E-state index in [0.29, 0.717) is 17.4 Å². The molecule has 82 valence electrons. The molecule has 0 aromatic heterocycles. The second-order valence-electron chi connectivity index (χ2n) is 2.69. The van der Waals surface area contributed by atoms with Gasteiger partial charge in [0, 0.05) is 12.1 Å². The molecule has 0 spiro atoms. The minimum Gasteiger partial charge on any atom is -0.490 e. The van der Waals surface area contributed by atoms with Crippen LogP contribution in [0.1, 0.15) is 0 Å². The Morgan fingerprint density at radius 1 is 1.33 bits per heavy atom. The Kier molecular flexibility index (Phi) is 4.77. The number of alkyl carbamates (subject to hydrolysis) is 1. The molecule has 15 heavy (non-hydrogen) atoms. The molecule has 1 rings (SSSR count). The fourth-order valence-electron chi connectivity index (χ4n) is 0.897. The molecule has 5 heteroatoms. The van der Waals surface area contributed by atoms with Gasteiger partial charge >= 0.3 is 6.09 Å². The van der Waals surface area contributed by atoms with Crippen molar-refractivity contribution in [3.63, 3.8) is 0 Å². The van der Waals surface area contributed by atoms with E-state index in [2.05, 4.69) is 5.32 Å². The fraction of sp³-hybridized carbons (Fsp3) is 0.300. The molecule has 0 bridgehead atoms. The lowest BCUT2D eigenvalue weighted by Gasteiger charge is -2.06. The predicted molar refractivity (Wildman–Crippen MR) is 57.4 cm³/mol. The summed E-state index contributed by atoms with van der Waals surface area (Å²) in [5.74, 6) is 0.694. The SMILES string of the molecule is CNC(=O)OCCOc1ccc(Cl)cc1. The minimum absolute atomic E-state index is 0.211. The molecule has 0 unspecified atom stereocenters. The van der Waals surface area contributed by atoms with Crippen LogP contribution in [0.15, 0.2) is 24.3 Å². The van der Waals surface area contributed by atoms with Crippen LogP contribution in [0.2, 0.25) is 5.02 Å². The molecule has 0 atom stereocenters. The molecule has 0 saturated heterocycles. The van der Waals surface area contributed by atoms with Crippen molar-refractivity contribution in [1.82, 2.24) is 5.32 Å². The van der Waals surface area contributed by atoms with Gasteiger partial charge in [0.15, 0.2) is 0 Å². The molecule has 0 aliphatic rings. The van der Waals surface area contributed by atoms with Crippen LogP contribution in [0.5, 0.6) is 5.75 Å². The highest BCUT2D eigenvalue weighted by molar-refractivity contribution is 6.30. The Bertz CT molecular complexity index is 313. The van der Waals surface area contributed by atoms with Crippen molar-refractivity contribution >= 4 is 17.7 Å². The molecule has 0 fully saturated rings. The van der Waals surface area contributed by atoms with Gasteiger partial charge in [-0.2, -0.15) is 0 Å². The first-order chi connectivity index (χ1) is 7.22. The summed E-state index contributed by atoms with van der Waals surface area (Å²) in [5.41, 5.74) is 0. The van der Waals surface area contributed by atoms with Gasteiger partial charge in [-0.05, 0) is 24.3 Å². The van der Waals surface area contributed by atoms with Crippen LogP contribution >= 0.6 is 11.6 Å². The molecule has 1 N–H and O–H groups in total. The van der Waals surface area contributed by atoms with E-state index in [1.807, 2.05) is 0 Å². The molecule has 0 saturated carbocycles. The maximum atomic E-state index is 10.7. The van der Waals surface area contributed by atoms with Crippen LogP contribution in [-0.2, 0) is 4.74 Å². The molecule has 4 nitrogen and oxygen atoms in total. The van der Waals surface area contributed by atoms with Crippen molar-refractivity contribution in [2.75, 3.05) is 20.3 Å². The first-order valence-electron chi connectivity index (χ1n) is 4.45. The molecule has 0 radical (unpaired) electrons. The van der Waals surface area contributed by atoms with Crippen LogP contribution in [0.3, 0.4) is 0 Å².